The smallest absolute Gasteiger partial charge is 0.308 e. The average molecular weight is 615 g/mol. The van der Waals surface area contributed by atoms with E-state index in [4.69, 9.17) is 18.6 Å². The zero-order chi connectivity index (χ0) is 32.0. The molecule has 1 aliphatic heterocycles. The lowest BCUT2D eigenvalue weighted by Crippen LogP contribution is -2.48. The number of hydrogen-bond acceptors (Lipinski definition) is 5. The second-order valence-electron chi connectivity index (χ2n) is 14.0. The van der Waals surface area contributed by atoms with Gasteiger partial charge in [-0.1, -0.05) is 113 Å². The summed E-state index contributed by atoms with van der Waals surface area (Å²) in [6.45, 7) is 16.0. The Balaban J connectivity index is 1.65. The van der Waals surface area contributed by atoms with Crippen LogP contribution in [0, 0.1) is 5.41 Å². The van der Waals surface area contributed by atoms with E-state index < -0.39 is 13.7 Å². The van der Waals surface area contributed by atoms with Gasteiger partial charge in [0.2, 0.25) is 0 Å². The molecule has 0 radical (unpaired) electrons. The zero-order valence-electron chi connectivity index (χ0n) is 27.8. The molecule has 3 atom stereocenters. The van der Waals surface area contributed by atoms with Gasteiger partial charge >= 0.3 is 5.97 Å². The first-order valence-electron chi connectivity index (χ1n) is 15.7. The fourth-order valence-electron chi connectivity index (χ4n) is 5.45. The average Bonchev–Trinajstić information content (AvgIpc) is 2.98. The Kier molecular flexibility index (Phi) is 10.9. The van der Waals surface area contributed by atoms with Crippen molar-refractivity contribution in [1.82, 2.24) is 0 Å². The van der Waals surface area contributed by atoms with Crippen LogP contribution >= 0.6 is 0 Å². The second-order valence-corrected chi connectivity index (χ2v) is 18.8. The molecule has 6 heteroatoms. The normalized spacial score (nSPS) is 18.3. The van der Waals surface area contributed by atoms with Crippen molar-refractivity contribution < 1.29 is 23.4 Å². The molecule has 0 saturated carbocycles. The van der Waals surface area contributed by atoms with Gasteiger partial charge in [-0.15, -0.1) is 0 Å². The van der Waals surface area contributed by atoms with E-state index in [9.17, 15) is 4.79 Å². The van der Waals surface area contributed by atoms with Gasteiger partial charge in [0, 0.05) is 18.3 Å². The highest BCUT2D eigenvalue weighted by molar-refractivity contribution is 6.74. The first kappa shape index (κ1) is 33.7. The van der Waals surface area contributed by atoms with Crippen LogP contribution in [0.15, 0.2) is 91.0 Å². The minimum absolute atomic E-state index is 0.0614. The zero-order valence-corrected chi connectivity index (χ0v) is 28.8. The largest absolute Gasteiger partial charge is 0.497 e. The predicted molar refractivity (Wildman–Crippen MR) is 181 cm³/mol. The minimum Gasteiger partial charge on any atom is -0.497 e. The summed E-state index contributed by atoms with van der Waals surface area (Å²) in [7, 11) is -0.383. The van der Waals surface area contributed by atoms with Crippen LogP contribution in [0.1, 0.15) is 70.6 Å². The first-order valence-corrected chi connectivity index (χ1v) is 18.6. The number of methoxy groups -OCH3 is 1. The van der Waals surface area contributed by atoms with Gasteiger partial charge in [-0.2, -0.15) is 0 Å². The number of cyclic esters (lactones) is 1. The maximum Gasteiger partial charge on any atom is 0.308 e. The highest BCUT2D eigenvalue weighted by atomic mass is 28.4. The Hall–Kier alpha value is -3.19. The van der Waals surface area contributed by atoms with E-state index in [2.05, 4.69) is 102 Å². The minimum atomic E-state index is -2.05. The molecule has 5 nitrogen and oxygen atoms in total. The molecule has 4 rings (SSSR count). The van der Waals surface area contributed by atoms with Gasteiger partial charge in [-0.3, -0.25) is 4.79 Å². The molecule has 1 fully saturated rings. The summed E-state index contributed by atoms with van der Waals surface area (Å²) in [5.41, 5.74) is 4.09. The number of hydrogen-bond donors (Lipinski definition) is 0. The number of carbonyl (C=O) groups is 1. The maximum atomic E-state index is 12.9. The number of rotatable bonds is 12. The van der Waals surface area contributed by atoms with Crippen LogP contribution in [-0.4, -0.2) is 39.7 Å². The predicted octanol–water partition coefficient (Wildman–Crippen LogP) is 9.22. The molecular formula is C38H50O5Si. The van der Waals surface area contributed by atoms with Crippen LogP contribution in [0.2, 0.25) is 18.1 Å². The quantitative estimate of drug-likeness (QED) is 0.150. The topological polar surface area (TPSA) is 54.0 Å². The fourth-order valence-corrected chi connectivity index (χ4v) is 6.82. The molecule has 3 aromatic rings. The standard InChI is InChI=1S/C38H50O5Si/c1-37(2,3)44(7,8)43-33-23-32(42-36(39)25-33)24-35(41-27-28-19-21-31(40-6)22-20-28)38(4,5)26-34(29-15-11-9-12-16-29)30-17-13-10-14-18-30/h9-22,26,32-33,35H,23-25,27H2,1-8H3/t32-,33-,35+/m1/s1. The van der Waals surface area contributed by atoms with Crippen LogP contribution in [0.25, 0.3) is 5.57 Å². The lowest BCUT2D eigenvalue weighted by Gasteiger charge is -2.42. The summed E-state index contributed by atoms with van der Waals surface area (Å²) in [4.78, 5) is 12.9. The summed E-state index contributed by atoms with van der Waals surface area (Å²) >= 11 is 0. The lowest BCUT2D eigenvalue weighted by atomic mass is 9.79. The molecule has 3 aromatic carbocycles. The number of esters is 1. The number of ether oxygens (including phenoxy) is 3. The Labute approximate surface area is 265 Å². The second kappa shape index (κ2) is 14.3. The van der Waals surface area contributed by atoms with Gasteiger partial charge in [-0.05, 0) is 52.5 Å². The van der Waals surface area contributed by atoms with E-state index >= 15 is 0 Å². The van der Waals surface area contributed by atoms with E-state index in [1.54, 1.807) is 7.11 Å². The molecule has 44 heavy (non-hydrogen) atoms. The number of benzene rings is 3. The van der Waals surface area contributed by atoms with E-state index in [0.717, 1.165) is 28.0 Å². The van der Waals surface area contributed by atoms with Gasteiger partial charge in [0.25, 0.3) is 0 Å². The van der Waals surface area contributed by atoms with Crippen molar-refractivity contribution in [3.05, 3.63) is 108 Å². The van der Waals surface area contributed by atoms with Gasteiger partial charge in [0.1, 0.15) is 11.9 Å². The van der Waals surface area contributed by atoms with Gasteiger partial charge in [0.05, 0.1) is 32.3 Å². The maximum absolute atomic E-state index is 12.9. The van der Waals surface area contributed by atoms with E-state index in [0.29, 0.717) is 25.9 Å². The molecule has 1 saturated heterocycles. The lowest BCUT2D eigenvalue weighted by molar-refractivity contribution is -0.163. The summed E-state index contributed by atoms with van der Waals surface area (Å²) in [6.07, 6.45) is 3.19. The molecule has 1 heterocycles. The summed E-state index contributed by atoms with van der Waals surface area (Å²) in [6, 6.07) is 28.9. The third-order valence-corrected chi connectivity index (χ3v) is 13.6. The van der Waals surface area contributed by atoms with Crippen LogP contribution in [0.4, 0.5) is 0 Å². The summed E-state index contributed by atoms with van der Waals surface area (Å²) in [5.74, 6) is 0.618. The van der Waals surface area contributed by atoms with Crippen molar-refractivity contribution in [2.75, 3.05) is 7.11 Å². The molecule has 0 aromatic heterocycles. The molecule has 0 unspecified atom stereocenters. The molecule has 0 spiro atoms. The van der Waals surface area contributed by atoms with Crippen LogP contribution in [0.3, 0.4) is 0 Å². The van der Waals surface area contributed by atoms with E-state index in [1.807, 2.05) is 36.4 Å². The molecular weight excluding hydrogens is 564 g/mol. The van der Waals surface area contributed by atoms with Crippen molar-refractivity contribution in [1.29, 1.82) is 0 Å². The SMILES string of the molecule is COc1ccc(CO[C@@H](C[C@H]2C[C@@H](O[Si](C)(C)C(C)(C)C)CC(=O)O2)C(C)(C)C=C(c2ccccc2)c2ccccc2)cc1. The fraction of sp³-hybridized carbons (Fsp3) is 0.447. The van der Waals surface area contributed by atoms with Gasteiger partial charge < -0.3 is 18.6 Å². The van der Waals surface area contributed by atoms with Crippen molar-refractivity contribution in [3.8, 4) is 5.75 Å². The van der Waals surface area contributed by atoms with E-state index in [1.165, 1.54) is 0 Å². The van der Waals surface area contributed by atoms with Gasteiger partial charge in [-0.25, -0.2) is 0 Å². The third-order valence-electron chi connectivity index (χ3n) is 9.09. The van der Waals surface area contributed by atoms with Crippen molar-refractivity contribution in [2.45, 2.75) is 96.9 Å². The first-order chi connectivity index (χ1) is 20.8. The van der Waals surface area contributed by atoms with E-state index in [-0.39, 0.29) is 29.3 Å². The van der Waals surface area contributed by atoms with Gasteiger partial charge in [0.15, 0.2) is 8.32 Å². The molecule has 1 aliphatic rings. The highest BCUT2D eigenvalue weighted by Gasteiger charge is 2.43. The molecule has 0 bridgehead atoms. The summed E-state index contributed by atoms with van der Waals surface area (Å²) < 4.78 is 24.8. The molecule has 236 valence electrons. The Bertz CT molecular complexity index is 1330. The Morgan fingerprint density at radius 1 is 0.909 bits per heavy atom. The van der Waals surface area contributed by atoms with Crippen LogP contribution < -0.4 is 4.74 Å². The Morgan fingerprint density at radius 3 is 2.00 bits per heavy atom. The van der Waals surface area contributed by atoms with Crippen molar-refractivity contribution in [2.24, 2.45) is 5.41 Å². The van der Waals surface area contributed by atoms with Crippen LogP contribution in [-0.2, 0) is 25.3 Å². The highest BCUT2D eigenvalue weighted by Crippen LogP contribution is 2.40. The van der Waals surface area contributed by atoms with Crippen molar-refractivity contribution >= 4 is 19.9 Å². The third kappa shape index (κ3) is 8.93. The number of carbonyl (C=O) groups excluding carboxylic acids is 1. The Morgan fingerprint density at radius 2 is 1.48 bits per heavy atom. The summed E-state index contributed by atoms with van der Waals surface area (Å²) in [5, 5.41) is 0.0614. The monoisotopic (exact) mass is 614 g/mol. The molecule has 0 amide bonds. The molecule has 0 aliphatic carbocycles. The van der Waals surface area contributed by atoms with Crippen molar-refractivity contribution in [3.63, 3.8) is 0 Å². The molecule has 0 N–H and O–H groups in total. The van der Waals surface area contributed by atoms with Crippen LogP contribution in [0.5, 0.6) is 5.75 Å².